The van der Waals surface area contributed by atoms with Gasteiger partial charge in [0.25, 0.3) is 0 Å². The van der Waals surface area contributed by atoms with Crippen LogP contribution in [0.15, 0.2) is 15.9 Å². The molecule has 1 aromatic rings. The van der Waals surface area contributed by atoms with Crippen LogP contribution < -0.4 is 0 Å². The molecular formula is C12H15BrO4S2. The number of carbonyl (C=O) groups excluding carboxylic acids is 1. The first-order chi connectivity index (χ1) is 8.83. The summed E-state index contributed by atoms with van der Waals surface area (Å²) in [6.45, 7) is 1.49. The van der Waals surface area contributed by atoms with E-state index in [1.165, 1.54) is 30.0 Å². The predicted octanol–water partition coefficient (Wildman–Crippen LogP) is 3.23. The fourth-order valence-electron chi connectivity index (χ4n) is 1.69. The number of carbonyl (C=O) groups is 2. The van der Waals surface area contributed by atoms with Gasteiger partial charge in [-0.25, -0.2) is 0 Å². The summed E-state index contributed by atoms with van der Waals surface area (Å²) >= 11 is 5.82. The van der Waals surface area contributed by atoms with Gasteiger partial charge in [-0.05, 0) is 40.9 Å². The van der Waals surface area contributed by atoms with E-state index in [0.29, 0.717) is 23.5 Å². The van der Waals surface area contributed by atoms with Crippen LogP contribution in [0, 0.1) is 0 Å². The summed E-state index contributed by atoms with van der Waals surface area (Å²) in [6.07, 6.45) is 0.584. The molecule has 0 fully saturated rings. The van der Waals surface area contributed by atoms with Gasteiger partial charge in [0, 0.05) is 17.6 Å². The molecule has 0 spiro atoms. The molecule has 0 saturated carbocycles. The molecule has 7 heteroatoms. The number of aliphatic hydroxyl groups is 1. The van der Waals surface area contributed by atoms with Gasteiger partial charge < -0.3 is 10.2 Å². The van der Waals surface area contributed by atoms with Crippen molar-refractivity contribution in [3.63, 3.8) is 0 Å². The lowest BCUT2D eigenvalue weighted by Crippen LogP contribution is -2.28. The molecule has 1 heterocycles. The summed E-state index contributed by atoms with van der Waals surface area (Å²) in [4.78, 5) is 22.4. The zero-order valence-electron chi connectivity index (χ0n) is 10.4. The van der Waals surface area contributed by atoms with E-state index < -0.39 is 11.6 Å². The highest BCUT2D eigenvalue weighted by molar-refractivity contribution is 9.11. The molecule has 0 aliphatic rings. The molecule has 1 aromatic heterocycles. The van der Waals surface area contributed by atoms with Crippen LogP contribution in [0.2, 0.25) is 0 Å². The SMILES string of the molecule is CC(=O)SCCCC(O)(CC(=O)O)c1ccc(Br)s1. The summed E-state index contributed by atoms with van der Waals surface area (Å²) in [6, 6.07) is 3.52. The van der Waals surface area contributed by atoms with E-state index in [1.54, 1.807) is 12.1 Å². The van der Waals surface area contributed by atoms with Crippen LogP contribution in [0.4, 0.5) is 0 Å². The molecule has 1 unspecified atom stereocenters. The smallest absolute Gasteiger partial charge is 0.306 e. The van der Waals surface area contributed by atoms with Crippen molar-refractivity contribution in [1.82, 2.24) is 0 Å². The number of rotatable bonds is 7. The number of aliphatic carboxylic acids is 1. The van der Waals surface area contributed by atoms with Crippen LogP contribution >= 0.6 is 39.0 Å². The highest BCUT2D eigenvalue weighted by Crippen LogP contribution is 2.37. The minimum Gasteiger partial charge on any atom is -0.481 e. The van der Waals surface area contributed by atoms with Crippen LogP contribution in [0.3, 0.4) is 0 Å². The second-order valence-electron chi connectivity index (χ2n) is 4.15. The van der Waals surface area contributed by atoms with Crippen molar-refractivity contribution in [2.24, 2.45) is 0 Å². The lowest BCUT2D eigenvalue weighted by Gasteiger charge is -2.25. The van der Waals surface area contributed by atoms with E-state index in [1.807, 2.05) is 0 Å². The van der Waals surface area contributed by atoms with E-state index in [4.69, 9.17) is 5.11 Å². The van der Waals surface area contributed by atoms with Crippen LogP contribution in [0.5, 0.6) is 0 Å². The molecule has 0 saturated heterocycles. The Morgan fingerprint density at radius 3 is 2.63 bits per heavy atom. The Kier molecular flexibility index (Phi) is 6.52. The molecular weight excluding hydrogens is 352 g/mol. The molecule has 0 aromatic carbocycles. The van der Waals surface area contributed by atoms with Gasteiger partial charge >= 0.3 is 5.97 Å². The Hall–Kier alpha value is -0.370. The Bertz CT molecular complexity index is 460. The van der Waals surface area contributed by atoms with Crippen LogP contribution in [-0.2, 0) is 15.2 Å². The quantitative estimate of drug-likeness (QED) is 0.724. The van der Waals surface area contributed by atoms with Gasteiger partial charge in [-0.3, -0.25) is 9.59 Å². The number of hydrogen-bond acceptors (Lipinski definition) is 5. The Labute approximate surface area is 128 Å². The zero-order chi connectivity index (χ0) is 14.5. The average Bonchev–Trinajstić information content (AvgIpc) is 2.71. The lowest BCUT2D eigenvalue weighted by atomic mass is 9.92. The van der Waals surface area contributed by atoms with Crippen molar-refractivity contribution in [2.45, 2.75) is 31.8 Å². The maximum atomic E-state index is 10.9. The van der Waals surface area contributed by atoms with Crippen molar-refractivity contribution in [2.75, 3.05) is 5.75 Å². The van der Waals surface area contributed by atoms with Gasteiger partial charge in [-0.2, -0.15) is 0 Å². The Morgan fingerprint density at radius 1 is 1.47 bits per heavy atom. The topological polar surface area (TPSA) is 74.6 Å². The third-order valence-electron chi connectivity index (χ3n) is 2.52. The number of thiophene rings is 1. The number of hydrogen-bond donors (Lipinski definition) is 2. The molecule has 0 amide bonds. The first-order valence-corrected chi connectivity index (χ1v) is 8.26. The molecule has 106 valence electrons. The van der Waals surface area contributed by atoms with E-state index in [0.717, 1.165) is 3.79 Å². The molecule has 0 radical (unpaired) electrons. The first kappa shape index (κ1) is 16.7. The highest BCUT2D eigenvalue weighted by atomic mass is 79.9. The second-order valence-corrected chi connectivity index (χ2v) is 7.88. The minimum atomic E-state index is -1.36. The molecule has 1 rings (SSSR count). The van der Waals surface area contributed by atoms with Crippen molar-refractivity contribution >= 4 is 50.1 Å². The Morgan fingerprint density at radius 2 is 2.16 bits per heavy atom. The standard InChI is InChI=1S/C12H15BrO4S2/c1-8(14)18-6-2-5-12(17,7-11(15)16)9-3-4-10(13)19-9/h3-4,17H,2,5-7H2,1H3,(H,15,16). The zero-order valence-corrected chi connectivity index (χ0v) is 13.6. The second kappa shape index (κ2) is 7.42. The molecule has 0 bridgehead atoms. The maximum Gasteiger partial charge on any atom is 0.306 e. The average molecular weight is 367 g/mol. The largest absolute Gasteiger partial charge is 0.481 e. The number of carboxylic acids is 1. The maximum absolute atomic E-state index is 10.9. The third-order valence-corrected chi connectivity index (χ3v) is 5.23. The van der Waals surface area contributed by atoms with Gasteiger partial charge in [0.15, 0.2) is 5.12 Å². The fourth-order valence-corrected chi connectivity index (χ4v) is 3.77. The minimum absolute atomic E-state index is 0.0284. The molecule has 0 aliphatic carbocycles. The fraction of sp³-hybridized carbons (Fsp3) is 0.500. The predicted molar refractivity (Wildman–Crippen MR) is 80.5 cm³/mol. The van der Waals surface area contributed by atoms with Gasteiger partial charge in [0.2, 0.25) is 0 Å². The number of carboxylic acid groups (broad SMARTS) is 1. The first-order valence-electron chi connectivity index (χ1n) is 5.67. The van der Waals surface area contributed by atoms with Crippen molar-refractivity contribution < 1.29 is 19.8 Å². The monoisotopic (exact) mass is 366 g/mol. The summed E-state index contributed by atoms with van der Waals surface area (Å²) < 4.78 is 0.851. The summed E-state index contributed by atoms with van der Waals surface area (Å²) in [5.74, 6) is -0.449. The van der Waals surface area contributed by atoms with Crippen LogP contribution in [-0.4, -0.2) is 27.1 Å². The van der Waals surface area contributed by atoms with Crippen molar-refractivity contribution in [3.05, 3.63) is 20.8 Å². The van der Waals surface area contributed by atoms with Gasteiger partial charge in [0.1, 0.15) is 5.60 Å². The highest BCUT2D eigenvalue weighted by Gasteiger charge is 2.33. The van der Waals surface area contributed by atoms with Crippen molar-refractivity contribution in [3.8, 4) is 0 Å². The summed E-state index contributed by atoms with van der Waals surface area (Å²) in [7, 11) is 0. The van der Waals surface area contributed by atoms with Crippen LogP contribution in [0.1, 0.15) is 31.1 Å². The van der Waals surface area contributed by atoms with E-state index in [-0.39, 0.29) is 11.5 Å². The number of thioether (sulfide) groups is 1. The van der Waals surface area contributed by atoms with E-state index in [9.17, 15) is 14.7 Å². The van der Waals surface area contributed by atoms with Gasteiger partial charge in [-0.1, -0.05) is 11.8 Å². The lowest BCUT2D eigenvalue weighted by molar-refractivity contribution is -0.143. The van der Waals surface area contributed by atoms with Gasteiger partial charge in [0.05, 0.1) is 10.2 Å². The molecule has 2 N–H and O–H groups in total. The Balaban J connectivity index is 2.70. The molecule has 0 aliphatic heterocycles. The summed E-state index contributed by atoms with van der Waals surface area (Å²) in [5.41, 5.74) is -1.36. The normalized spacial score (nSPS) is 14.1. The summed E-state index contributed by atoms with van der Waals surface area (Å²) in [5, 5.41) is 19.5. The van der Waals surface area contributed by atoms with Crippen molar-refractivity contribution in [1.29, 1.82) is 0 Å². The third kappa shape index (κ3) is 5.64. The molecule has 1 atom stereocenters. The molecule has 4 nitrogen and oxygen atoms in total. The molecule has 19 heavy (non-hydrogen) atoms. The van der Waals surface area contributed by atoms with E-state index in [2.05, 4.69) is 15.9 Å². The van der Waals surface area contributed by atoms with Crippen LogP contribution in [0.25, 0.3) is 0 Å². The van der Waals surface area contributed by atoms with Gasteiger partial charge in [-0.15, -0.1) is 11.3 Å². The number of halogens is 1. The van der Waals surface area contributed by atoms with E-state index >= 15 is 0 Å².